The van der Waals surface area contributed by atoms with Crippen LogP contribution in [0.1, 0.15) is 38.3 Å². The molecule has 116 valence electrons. The van der Waals surface area contributed by atoms with E-state index < -0.39 is 0 Å². The number of amides is 2. The van der Waals surface area contributed by atoms with Crippen LogP contribution in [0.15, 0.2) is 18.2 Å². The van der Waals surface area contributed by atoms with Crippen LogP contribution in [0, 0.1) is 5.92 Å². The fraction of sp³-hybridized carbons (Fsp3) is 0.562. The summed E-state index contributed by atoms with van der Waals surface area (Å²) < 4.78 is 10.5. The van der Waals surface area contributed by atoms with Gasteiger partial charge < -0.3 is 20.1 Å². The van der Waals surface area contributed by atoms with E-state index in [2.05, 4.69) is 17.6 Å². The molecular formula is C16H24N2O3. The average molecular weight is 292 g/mol. The second-order valence-corrected chi connectivity index (χ2v) is 5.57. The quantitative estimate of drug-likeness (QED) is 0.847. The number of hydrogen-bond acceptors (Lipinski definition) is 3. The van der Waals surface area contributed by atoms with Gasteiger partial charge in [-0.3, -0.25) is 0 Å². The Morgan fingerprint density at radius 3 is 2.48 bits per heavy atom. The summed E-state index contributed by atoms with van der Waals surface area (Å²) >= 11 is 0. The average Bonchev–Trinajstić information content (AvgIpc) is 3.30. The van der Waals surface area contributed by atoms with Crippen LogP contribution in [0.25, 0.3) is 0 Å². The molecule has 1 aliphatic rings. The highest BCUT2D eigenvalue weighted by Gasteiger charge is 2.29. The lowest BCUT2D eigenvalue weighted by Crippen LogP contribution is -2.42. The van der Waals surface area contributed by atoms with Gasteiger partial charge >= 0.3 is 6.03 Å². The minimum atomic E-state index is -0.141. The zero-order valence-corrected chi connectivity index (χ0v) is 13.1. The molecule has 0 bridgehead atoms. The van der Waals surface area contributed by atoms with Crippen LogP contribution in [0.2, 0.25) is 0 Å². The van der Waals surface area contributed by atoms with E-state index >= 15 is 0 Å². The number of nitrogens with one attached hydrogen (secondary N) is 2. The summed E-state index contributed by atoms with van der Waals surface area (Å²) in [5.74, 6) is 2.08. The van der Waals surface area contributed by atoms with Gasteiger partial charge in [0.25, 0.3) is 0 Å². The molecule has 21 heavy (non-hydrogen) atoms. The van der Waals surface area contributed by atoms with Gasteiger partial charge in [-0.05, 0) is 44.7 Å². The number of carbonyl (C=O) groups excluding carboxylic acids is 1. The molecule has 1 saturated carbocycles. The molecule has 1 aromatic carbocycles. The van der Waals surface area contributed by atoms with E-state index in [9.17, 15) is 4.79 Å². The van der Waals surface area contributed by atoms with Crippen molar-refractivity contribution in [3.05, 3.63) is 23.8 Å². The van der Waals surface area contributed by atoms with Gasteiger partial charge in [-0.15, -0.1) is 0 Å². The molecule has 5 nitrogen and oxygen atoms in total. The summed E-state index contributed by atoms with van der Waals surface area (Å²) in [6.07, 6.45) is 2.42. The van der Waals surface area contributed by atoms with E-state index in [1.54, 1.807) is 14.2 Å². The normalized spacial score (nSPS) is 16.8. The topological polar surface area (TPSA) is 59.6 Å². The smallest absolute Gasteiger partial charge is 0.315 e. The predicted molar refractivity (Wildman–Crippen MR) is 81.8 cm³/mol. The minimum absolute atomic E-state index is 0.139. The number of ether oxygens (including phenoxy) is 2. The molecule has 1 aromatic rings. The molecule has 2 rings (SSSR count). The molecule has 2 N–H and O–H groups in total. The number of carbonyl (C=O) groups is 1. The molecule has 0 saturated heterocycles. The van der Waals surface area contributed by atoms with Gasteiger partial charge in [-0.25, -0.2) is 4.79 Å². The number of benzene rings is 1. The molecule has 5 heteroatoms. The lowest BCUT2D eigenvalue weighted by atomic mass is 10.1. The van der Waals surface area contributed by atoms with Crippen molar-refractivity contribution in [3.8, 4) is 11.5 Å². The third kappa shape index (κ3) is 4.03. The van der Waals surface area contributed by atoms with Crippen molar-refractivity contribution in [2.45, 2.75) is 38.8 Å². The molecule has 1 aliphatic carbocycles. The van der Waals surface area contributed by atoms with E-state index in [0.717, 1.165) is 11.3 Å². The minimum Gasteiger partial charge on any atom is -0.497 e. The van der Waals surface area contributed by atoms with Crippen molar-refractivity contribution in [2.24, 2.45) is 5.92 Å². The molecule has 0 aliphatic heterocycles. The molecular weight excluding hydrogens is 268 g/mol. The maximum absolute atomic E-state index is 12.0. The third-order valence-electron chi connectivity index (χ3n) is 3.94. The summed E-state index contributed by atoms with van der Waals surface area (Å²) in [4.78, 5) is 12.0. The summed E-state index contributed by atoms with van der Waals surface area (Å²) in [5.41, 5.74) is 0.924. The highest BCUT2D eigenvalue weighted by atomic mass is 16.5. The Balaban J connectivity index is 1.98. The Kier molecular flexibility index (Phi) is 4.94. The molecule has 0 aromatic heterocycles. The monoisotopic (exact) mass is 292 g/mol. The second-order valence-electron chi connectivity index (χ2n) is 5.57. The first-order chi connectivity index (χ1) is 10.0. The predicted octanol–water partition coefficient (Wildman–Crippen LogP) is 2.86. The zero-order valence-electron chi connectivity index (χ0n) is 13.1. The highest BCUT2D eigenvalue weighted by Crippen LogP contribution is 2.32. The summed E-state index contributed by atoms with van der Waals surface area (Å²) in [6.45, 7) is 3.99. The molecule has 0 heterocycles. The first-order valence-electron chi connectivity index (χ1n) is 7.34. The molecule has 2 unspecified atom stereocenters. The van der Waals surface area contributed by atoms with Gasteiger partial charge in [-0.2, -0.15) is 0 Å². The Morgan fingerprint density at radius 2 is 1.90 bits per heavy atom. The maximum Gasteiger partial charge on any atom is 0.315 e. The molecule has 2 atom stereocenters. The maximum atomic E-state index is 12.0. The van der Waals surface area contributed by atoms with Gasteiger partial charge in [0.1, 0.15) is 11.5 Å². The molecule has 0 spiro atoms. The van der Waals surface area contributed by atoms with Crippen molar-refractivity contribution >= 4 is 6.03 Å². The Labute approximate surface area is 126 Å². The third-order valence-corrected chi connectivity index (χ3v) is 3.94. The van der Waals surface area contributed by atoms with Gasteiger partial charge in [0.2, 0.25) is 0 Å². The summed E-state index contributed by atoms with van der Waals surface area (Å²) in [7, 11) is 3.23. The van der Waals surface area contributed by atoms with Crippen molar-refractivity contribution in [1.82, 2.24) is 10.6 Å². The second kappa shape index (κ2) is 6.70. The van der Waals surface area contributed by atoms with Crippen LogP contribution in [0.5, 0.6) is 11.5 Å². The fourth-order valence-electron chi connectivity index (χ4n) is 2.41. The molecule has 0 radical (unpaired) electrons. The molecule has 1 fully saturated rings. The standard InChI is InChI=1S/C16H24N2O3/c1-10(12-5-6-12)17-16(19)18-11(2)14-8-7-13(20-3)9-15(14)21-4/h7-12H,5-6H2,1-4H3,(H2,17,18,19). The van der Waals surface area contributed by atoms with Crippen molar-refractivity contribution < 1.29 is 14.3 Å². The lowest BCUT2D eigenvalue weighted by molar-refractivity contribution is 0.233. The zero-order chi connectivity index (χ0) is 15.4. The lowest BCUT2D eigenvalue weighted by Gasteiger charge is -2.20. The van der Waals surface area contributed by atoms with Gasteiger partial charge in [-0.1, -0.05) is 0 Å². The van der Waals surface area contributed by atoms with Crippen LogP contribution < -0.4 is 20.1 Å². The summed E-state index contributed by atoms with van der Waals surface area (Å²) in [5, 5.41) is 5.94. The number of urea groups is 1. The Bertz CT molecular complexity index is 500. The van der Waals surface area contributed by atoms with E-state index in [1.807, 2.05) is 25.1 Å². The van der Waals surface area contributed by atoms with Crippen LogP contribution in [-0.2, 0) is 0 Å². The van der Waals surface area contributed by atoms with Crippen molar-refractivity contribution in [3.63, 3.8) is 0 Å². The Morgan fingerprint density at radius 1 is 1.19 bits per heavy atom. The van der Waals surface area contributed by atoms with Crippen molar-refractivity contribution in [2.75, 3.05) is 14.2 Å². The highest BCUT2D eigenvalue weighted by molar-refractivity contribution is 5.75. The van der Waals surface area contributed by atoms with Crippen molar-refractivity contribution in [1.29, 1.82) is 0 Å². The van der Waals surface area contributed by atoms with Crippen LogP contribution in [0.3, 0.4) is 0 Å². The van der Waals surface area contributed by atoms with Gasteiger partial charge in [0.05, 0.1) is 20.3 Å². The SMILES string of the molecule is COc1ccc(C(C)NC(=O)NC(C)C2CC2)c(OC)c1. The largest absolute Gasteiger partial charge is 0.497 e. The van der Waals surface area contributed by atoms with Gasteiger partial charge in [0.15, 0.2) is 0 Å². The van der Waals surface area contributed by atoms with E-state index in [-0.39, 0.29) is 18.1 Å². The van der Waals surface area contributed by atoms with Crippen LogP contribution in [-0.4, -0.2) is 26.3 Å². The first-order valence-corrected chi connectivity index (χ1v) is 7.34. The van der Waals surface area contributed by atoms with Crippen LogP contribution in [0.4, 0.5) is 4.79 Å². The number of rotatable bonds is 6. The Hall–Kier alpha value is -1.91. The first kappa shape index (κ1) is 15.5. The number of methoxy groups -OCH3 is 2. The van der Waals surface area contributed by atoms with E-state index in [0.29, 0.717) is 11.7 Å². The van der Waals surface area contributed by atoms with Gasteiger partial charge in [0, 0.05) is 17.7 Å². The fourth-order valence-corrected chi connectivity index (χ4v) is 2.41. The van der Waals surface area contributed by atoms with E-state index in [4.69, 9.17) is 9.47 Å². The van der Waals surface area contributed by atoms with Crippen LogP contribution >= 0.6 is 0 Å². The van der Waals surface area contributed by atoms with E-state index in [1.165, 1.54) is 12.8 Å². The molecule has 2 amide bonds. The summed E-state index contributed by atoms with van der Waals surface area (Å²) in [6, 6.07) is 5.54. The number of hydrogen-bond donors (Lipinski definition) is 2.